The van der Waals surface area contributed by atoms with Gasteiger partial charge < -0.3 is 9.80 Å². The predicted molar refractivity (Wildman–Crippen MR) is 76.4 cm³/mol. The van der Waals surface area contributed by atoms with E-state index in [1.165, 1.54) is 6.07 Å². The number of rotatable bonds is 2. The van der Waals surface area contributed by atoms with Gasteiger partial charge in [-0.3, -0.25) is 10.1 Å². The van der Waals surface area contributed by atoms with Crippen molar-refractivity contribution in [3.63, 3.8) is 0 Å². The standard InChI is InChI=1S/C15H18FN3O2/c16-12-3-1-2-4-13(12)18-7-9-19(10-8-18)15(21)17-14(20)11-5-6-11/h1-4,11H,5-10H2,(H,17,20,21). The summed E-state index contributed by atoms with van der Waals surface area (Å²) < 4.78 is 13.7. The van der Waals surface area contributed by atoms with Crippen LogP contribution in [-0.2, 0) is 4.79 Å². The highest BCUT2D eigenvalue weighted by atomic mass is 19.1. The fraction of sp³-hybridized carbons (Fsp3) is 0.467. The Bertz CT molecular complexity index is 552. The summed E-state index contributed by atoms with van der Waals surface area (Å²) in [4.78, 5) is 27.0. The van der Waals surface area contributed by atoms with Crippen LogP contribution < -0.4 is 10.2 Å². The van der Waals surface area contributed by atoms with E-state index in [1.807, 2.05) is 4.90 Å². The molecule has 2 aliphatic rings. The van der Waals surface area contributed by atoms with Crippen LogP contribution >= 0.6 is 0 Å². The molecule has 112 valence electrons. The second kappa shape index (κ2) is 5.71. The molecule has 1 N–H and O–H groups in total. The molecular weight excluding hydrogens is 273 g/mol. The lowest BCUT2D eigenvalue weighted by atomic mass is 10.2. The van der Waals surface area contributed by atoms with Crippen LogP contribution in [0.15, 0.2) is 24.3 Å². The molecule has 0 bridgehead atoms. The molecule has 2 fully saturated rings. The minimum atomic E-state index is -0.333. The van der Waals surface area contributed by atoms with Gasteiger partial charge in [0.25, 0.3) is 0 Å². The Morgan fingerprint density at radius 3 is 2.38 bits per heavy atom. The maximum atomic E-state index is 13.7. The van der Waals surface area contributed by atoms with Gasteiger partial charge in [-0.2, -0.15) is 0 Å². The SMILES string of the molecule is O=C(NC(=O)N1CCN(c2ccccc2F)CC1)C1CC1. The van der Waals surface area contributed by atoms with Crippen LogP contribution in [0.25, 0.3) is 0 Å². The first kappa shape index (κ1) is 13.9. The largest absolute Gasteiger partial charge is 0.366 e. The molecule has 6 heteroatoms. The molecule has 1 aromatic carbocycles. The Morgan fingerprint density at radius 2 is 1.76 bits per heavy atom. The van der Waals surface area contributed by atoms with Crippen molar-refractivity contribution in [2.75, 3.05) is 31.1 Å². The van der Waals surface area contributed by atoms with Gasteiger partial charge in [0, 0.05) is 32.1 Å². The number of para-hydroxylation sites is 1. The van der Waals surface area contributed by atoms with Gasteiger partial charge in [-0.15, -0.1) is 0 Å². The number of hydrogen-bond acceptors (Lipinski definition) is 3. The average Bonchev–Trinajstić information content (AvgIpc) is 3.32. The number of carbonyl (C=O) groups is 2. The molecule has 0 unspecified atom stereocenters. The first-order valence-corrected chi connectivity index (χ1v) is 7.24. The van der Waals surface area contributed by atoms with Gasteiger partial charge in [0.15, 0.2) is 0 Å². The van der Waals surface area contributed by atoms with Gasteiger partial charge in [0.1, 0.15) is 5.82 Å². The fourth-order valence-corrected chi connectivity index (χ4v) is 2.49. The van der Waals surface area contributed by atoms with Crippen molar-refractivity contribution >= 4 is 17.6 Å². The predicted octanol–water partition coefficient (Wildman–Crippen LogP) is 1.59. The third kappa shape index (κ3) is 3.15. The summed E-state index contributed by atoms with van der Waals surface area (Å²) in [6, 6.07) is 6.29. The van der Waals surface area contributed by atoms with Crippen LogP contribution in [0.1, 0.15) is 12.8 Å². The van der Waals surface area contributed by atoms with E-state index in [2.05, 4.69) is 5.32 Å². The molecule has 0 radical (unpaired) electrons. The second-order valence-electron chi connectivity index (χ2n) is 5.49. The van der Waals surface area contributed by atoms with Crippen molar-refractivity contribution in [2.45, 2.75) is 12.8 Å². The van der Waals surface area contributed by atoms with Crippen molar-refractivity contribution in [3.8, 4) is 0 Å². The molecule has 1 saturated carbocycles. The summed E-state index contributed by atoms with van der Waals surface area (Å²) in [5, 5.41) is 2.43. The van der Waals surface area contributed by atoms with E-state index in [1.54, 1.807) is 23.1 Å². The highest BCUT2D eigenvalue weighted by Gasteiger charge is 2.32. The van der Waals surface area contributed by atoms with Gasteiger partial charge in [-0.25, -0.2) is 9.18 Å². The summed E-state index contributed by atoms with van der Waals surface area (Å²) in [6.45, 7) is 2.09. The van der Waals surface area contributed by atoms with E-state index >= 15 is 0 Å². The van der Waals surface area contributed by atoms with Crippen LogP contribution in [-0.4, -0.2) is 43.0 Å². The lowest BCUT2D eigenvalue weighted by molar-refractivity contribution is -0.121. The molecular formula is C15H18FN3O2. The average molecular weight is 291 g/mol. The molecule has 5 nitrogen and oxygen atoms in total. The van der Waals surface area contributed by atoms with Gasteiger partial charge in [-0.1, -0.05) is 12.1 Å². The Kier molecular flexibility index (Phi) is 3.77. The van der Waals surface area contributed by atoms with Crippen molar-refractivity contribution < 1.29 is 14.0 Å². The summed E-state index contributed by atoms with van der Waals surface area (Å²) in [5.41, 5.74) is 0.562. The van der Waals surface area contributed by atoms with Crippen LogP contribution in [0.4, 0.5) is 14.9 Å². The van der Waals surface area contributed by atoms with Crippen molar-refractivity contribution in [1.82, 2.24) is 10.2 Å². The topological polar surface area (TPSA) is 52.7 Å². The number of nitrogens with one attached hydrogen (secondary N) is 1. The molecule has 1 aromatic rings. The summed E-state index contributed by atoms with van der Waals surface area (Å²) in [6.07, 6.45) is 1.75. The number of imide groups is 1. The van der Waals surface area contributed by atoms with E-state index in [0.717, 1.165) is 12.8 Å². The maximum Gasteiger partial charge on any atom is 0.324 e. The van der Waals surface area contributed by atoms with Gasteiger partial charge in [0.2, 0.25) is 5.91 Å². The first-order valence-electron chi connectivity index (χ1n) is 7.24. The number of anilines is 1. The van der Waals surface area contributed by atoms with Crippen molar-refractivity contribution in [2.24, 2.45) is 5.92 Å². The Morgan fingerprint density at radius 1 is 1.10 bits per heavy atom. The summed E-state index contributed by atoms with van der Waals surface area (Å²) >= 11 is 0. The molecule has 3 rings (SSSR count). The van der Waals surface area contributed by atoms with Crippen LogP contribution in [0.2, 0.25) is 0 Å². The lowest BCUT2D eigenvalue weighted by Gasteiger charge is -2.36. The Balaban J connectivity index is 1.54. The van der Waals surface area contributed by atoms with Crippen LogP contribution in [0.5, 0.6) is 0 Å². The zero-order chi connectivity index (χ0) is 14.8. The molecule has 0 spiro atoms. The zero-order valence-electron chi connectivity index (χ0n) is 11.7. The number of halogens is 1. The van der Waals surface area contributed by atoms with E-state index in [0.29, 0.717) is 31.9 Å². The number of nitrogens with zero attached hydrogens (tertiary/aromatic N) is 2. The van der Waals surface area contributed by atoms with Gasteiger partial charge in [0.05, 0.1) is 5.69 Å². The van der Waals surface area contributed by atoms with Gasteiger partial charge in [-0.05, 0) is 25.0 Å². The Hall–Kier alpha value is -2.11. The first-order chi connectivity index (χ1) is 10.1. The van der Waals surface area contributed by atoms with Crippen molar-refractivity contribution in [3.05, 3.63) is 30.1 Å². The minimum absolute atomic E-state index is 0.0219. The molecule has 0 atom stereocenters. The van der Waals surface area contributed by atoms with Gasteiger partial charge >= 0.3 is 6.03 Å². The molecule has 1 saturated heterocycles. The summed E-state index contributed by atoms with van der Waals surface area (Å²) in [5.74, 6) is -0.399. The zero-order valence-corrected chi connectivity index (χ0v) is 11.7. The van der Waals surface area contributed by atoms with E-state index < -0.39 is 0 Å². The molecule has 1 aliphatic heterocycles. The number of carbonyl (C=O) groups excluding carboxylic acids is 2. The summed E-state index contributed by atoms with van der Waals surface area (Å²) in [7, 11) is 0. The highest BCUT2D eigenvalue weighted by molar-refractivity contribution is 5.96. The third-order valence-electron chi connectivity index (χ3n) is 3.94. The monoisotopic (exact) mass is 291 g/mol. The lowest BCUT2D eigenvalue weighted by Crippen LogP contribution is -2.53. The second-order valence-corrected chi connectivity index (χ2v) is 5.49. The molecule has 3 amide bonds. The number of benzene rings is 1. The number of amides is 3. The van der Waals surface area contributed by atoms with E-state index in [9.17, 15) is 14.0 Å². The van der Waals surface area contributed by atoms with Crippen LogP contribution in [0.3, 0.4) is 0 Å². The third-order valence-corrected chi connectivity index (χ3v) is 3.94. The molecule has 1 heterocycles. The minimum Gasteiger partial charge on any atom is -0.366 e. The smallest absolute Gasteiger partial charge is 0.324 e. The van der Waals surface area contributed by atoms with E-state index in [-0.39, 0.29) is 23.7 Å². The fourth-order valence-electron chi connectivity index (χ4n) is 2.49. The number of urea groups is 1. The Labute approximate surface area is 122 Å². The quantitative estimate of drug-likeness (QED) is 0.900. The maximum absolute atomic E-state index is 13.7. The van der Waals surface area contributed by atoms with Crippen LogP contribution in [0, 0.1) is 11.7 Å². The van der Waals surface area contributed by atoms with Crippen molar-refractivity contribution in [1.29, 1.82) is 0 Å². The van der Waals surface area contributed by atoms with E-state index in [4.69, 9.17) is 0 Å². The molecule has 21 heavy (non-hydrogen) atoms. The normalized spacial score (nSPS) is 18.5. The number of piperazine rings is 1. The number of hydrogen-bond donors (Lipinski definition) is 1. The highest BCUT2D eigenvalue weighted by Crippen LogP contribution is 2.28. The molecule has 1 aliphatic carbocycles. The molecule has 0 aromatic heterocycles.